The number of anilines is 1. The minimum absolute atomic E-state index is 0.381. The van der Waals surface area contributed by atoms with Crippen molar-refractivity contribution < 1.29 is 9.53 Å². The molecule has 0 aromatic heterocycles. The standard InChI is InChI=1S/C16H16ClNO2/c1-11-4-3-5-12(8-11)10-18-15-9-13(17)6-7-14(15)16(19)20-2/h3-9,18H,10H2,1-2H3. The predicted molar refractivity (Wildman–Crippen MR) is 81.3 cm³/mol. The number of ether oxygens (including phenoxy) is 1. The maximum Gasteiger partial charge on any atom is 0.339 e. The summed E-state index contributed by atoms with van der Waals surface area (Å²) in [6.07, 6.45) is 0. The average Bonchev–Trinajstić information content (AvgIpc) is 2.44. The summed E-state index contributed by atoms with van der Waals surface area (Å²) in [6, 6.07) is 13.2. The van der Waals surface area contributed by atoms with Gasteiger partial charge < -0.3 is 10.1 Å². The quantitative estimate of drug-likeness (QED) is 0.863. The summed E-state index contributed by atoms with van der Waals surface area (Å²) in [5, 5.41) is 3.80. The summed E-state index contributed by atoms with van der Waals surface area (Å²) in [7, 11) is 1.36. The highest BCUT2D eigenvalue weighted by Gasteiger charge is 2.12. The number of halogens is 1. The smallest absolute Gasteiger partial charge is 0.339 e. The second-order valence-electron chi connectivity index (χ2n) is 4.52. The molecule has 2 aromatic carbocycles. The van der Waals surface area contributed by atoms with Crippen molar-refractivity contribution in [1.29, 1.82) is 0 Å². The molecule has 4 heteroatoms. The molecule has 1 N–H and O–H groups in total. The zero-order valence-electron chi connectivity index (χ0n) is 11.4. The zero-order chi connectivity index (χ0) is 14.5. The highest BCUT2D eigenvalue weighted by atomic mass is 35.5. The van der Waals surface area contributed by atoms with Crippen molar-refractivity contribution in [3.05, 3.63) is 64.2 Å². The number of benzene rings is 2. The van der Waals surface area contributed by atoms with E-state index in [1.54, 1.807) is 18.2 Å². The summed E-state index contributed by atoms with van der Waals surface area (Å²) in [4.78, 5) is 11.7. The third-order valence-corrected chi connectivity index (χ3v) is 3.19. The number of methoxy groups -OCH3 is 1. The van der Waals surface area contributed by atoms with E-state index in [0.717, 1.165) is 5.56 Å². The molecule has 0 saturated carbocycles. The van der Waals surface area contributed by atoms with E-state index in [1.807, 2.05) is 25.1 Å². The van der Waals surface area contributed by atoms with E-state index < -0.39 is 0 Å². The van der Waals surface area contributed by atoms with Crippen molar-refractivity contribution in [2.45, 2.75) is 13.5 Å². The Kier molecular flexibility index (Phi) is 4.64. The second-order valence-corrected chi connectivity index (χ2v) is 4.96. The van der Waals surface area contributed by atoms with Gasteiger partial charge in [0.05, 0.1) is 18.4 Å². The van der Waals surface area contributed by atoms with Crippen molar-refractivity contribution in [2.75, 3.05) is 12.4 Å². The summed E-state index contributed by atoms with van der Waals surface area (Å²) in [5.74, 6) is -0.381. The van der Waals surface area contributed by atoms with E-state index in [-0.39, 0.29) is 5.97 Å². The fourth-order valence-electron chi connectivity index (χ4n) is 1.97. The van der Waals surface area contributed by atoms with Crippen molar-refractivity contribution >= 4 is 23.3 Å². The molecule has 0 unspecified atom stereocenters. The molecule has 0 radical (unpaired) electrons. The molecule has 0 aliphatic heterocycles. The van der Waals surface area contributed by atoms with E-state index in [0.29, 0.717) is 22.8 Å². The number of esters is 1. The van der Waals surface area contributed by atoms with Gasteiger partial charge in [-0.25, -0.2) is 4.79 Å². The molecule has 20 heavy (non-hydrogen) atoms. The second kappa shape index (κ2) is 6.44. The molecule has 3 nitrogen and oxygen atoms in total. The Labute approximate surface area is 123 Å². The van der Waals surface area contributed by atoms with E-state index >= 15 is 0 Å². The van der Waals surface area contributed by atoms with Gasteiger partial charge in [-0.3, -0.25) is 0 Å². The lowest BCUT2D eigenvalue weighted by Crippen LogP contribution is -2.08. The van der Waals surface area contributed by atoms with E-state index in [4.69, 9.17) is 16.3 Å². The van der Waals surface area contributed by atoms with Crippen LogP contribution in [0.15, 0.2) is 42.5 Å². The first-order chi connectivity index (χ1) is 9.60. The fourth-order valence-corrected chi connectivity index (χ4v) is 2.14. The number of nitrogens with one attached hydrogen (secondary N) is 1. The van der Waals surface area contributed by atoms with Crippen LogP contribution in [0.2, 0.25) is 5.02 Å². The van der Waals surface area contributed by atoms with Gasteiger partial charge in [-0.2, -0.15) is 0 Å². The van der Waals surface area contributed by atoms with E-state index in [2.05, 4.69) is 11.4 Å². The Morgan fingerprint density at radius 3 is 2.75 bits per heavy atom. The van der Waals surface area contributed by atoms with Gasteiger partial charge in [-0.1, -0.05) is 41.4 Å². The van der Waals surface area contributed by atoms with Crippen LogP contribution in [-0.4, -0.2) is 13.1 Å². The summed E-state index contributed by atoms with van der Waals surface area (Å²) in [5.41, 5.74) is 3.49. The van der Waals surface area contributed by atoms with Gasteiger partial charge in [0.1, 0.15) is 0 Å². The molecule has 2 aromatic rings. The lowest BCUT2D eigenvalue weighted by molar-refractivity contribution is 0.0602. The van der Waals surface area contributed by atoms with Crippen molar-refractivity contribution in [3.63, 3.8) is 0 Å². The van der Waals surface area contributed by atoms with E-state index in [1.165, 1.54) is 12.7 Å². The number of hydrogen-bond donors (Lipinski definition) is 1. The van der Waals surface area contributed by atoms with Gasteiger partial charge in [0.15, 0.2) is 0 Å². The Balaban J connectivity index is 2.20. The Morgan fingerprint density at radius 1 is 1.25 bits per heavy atom. The largest absolute Gasteiger partial charge is 0.465 e. The topological polar surface area (TPSA) is 38.3 Å². The molecule has 0 aliphatic carbocycles. The number of aryl methyl sites for hydroxylation is 1. The van der Waals surface area contributed by atoms with E-state index in [9.17, 15) is 4.79 Å². The Hall–Kier alpha value is -2.00. The van der Waals surface area contributed by atoms with Crippen LogP contribution >= 0.6 is 11.6 Å². The van der Waals surface area contributed by atoms with Crippen LogP contribution in [0.3, 0.4) is 0 Å². The van der Waals surface area contributed by atoms with Crippen LogP contribution in [-0.2, 0) is 11.3 Å². The molecular formula is C16H16ClNO2. The monoisotopic (exact) mass is 289 g/mol. The zero-order valence-corrected chi connectivity index (χ0v) is 12.2. The first kappa shape index (κ1) is 14.4. The number of carbonyl (C=O) groups excluding carboxylic acids is 1. The first-order valence-corrected chi connectivity index (χ1v) is 6.65. The molecule has 0 heterocycles. The minimum Gasteiger partial charge on any atom is -0.465 e. The number of hydrogen-bond acceptors (Lipinski definition) is 3. The van der Waals surface area contributed by atoms with Crippen LogP contribution in [0.1, 0.15) is 21.5 Å². The van der Waals surface area contributed by atoms with Crippen LogP contribution in [0.4, 0.5) is 5.69 Å². The van der Waals surface area contributed by atoms with Crippen molar-refractivity contribution in [2.24, 2.45) is 0 Å². The van der Waals surface area contributed by atoms with Crippen molar-refractivity contribution in [3.8, 4) is 0 Å². The van der Waals surface area contributed by atoms with Crippen LogP contribution in [0.5, 0.6) is 0 Å². The fraction of sp³-hybridized carbons (Fsp3) is 0.188. The molecule has 2 rings (SSSR count). The van der Waals surface area contributed by atoms with Gasteiger partial charge >= 0.3 is 5.97 Å². The molecule has 0 atom stereocenters. The maximum atomic E-state index is 11.7. The molecule has 104 valence electrons. The molecular weight excluding hydrogens is 274 g/mol. The van der Waals surface area contributed by atoms with Gasteiger partial charge in [-0.05, 0) is 30.7 Å². The summed E-state index contributed by atoms with van der Waals surface area (Å²) < 4.78 is 4.77. The van der Waals surface area contributed by atoms with Crippen LogP contribution < -0.4 is 5.32 Å². The SMILES string of the molecule is COC(=O)c1ccc(Cl)cc1NCc1cccc(C)c1. The van der Waals surface area contributed by atoms with Gasteiger partial charge in [0.2, 0.25) is 0 Å². The van der Waals surface area contributed by atoms with Crippen LogP contribution in [0.25, 0.3) is 0 Å². The van der Waals surface area contributed by atoms with Gasteiger partial charge in [0.25, 0.3) is 0 Å². The molecule has 0 aliphatic rings. The molecule has 0 saturated heterocycles. The minimum atomic E-state index is -0.381. The third-order valence-electron chi connectivity index (χ3n) is 2.95. The predicted octanol–water partition coefficient (Wildman–Crippen LogP) is 4.05. The third kappa shape index (κ3) is 3.52. The van der Waals surface area contributed by atoms with Gasteiger partial charge in [0, 0.05) is 11.6 Å². The normalized spacial score (nSPS) is 10.2. The summed E-state index contributed by atoms with van der Waals surface area (Å²) >= 11 is 5.98. The molecule has 0 amide bonds. The molecule has 0 spiro atoms. The average molecular weight is 290 g/mol. The number of rotatable bonds is 4. The highest BCUT2D eigenvalue weighted by Crippen LogP contribution is 2.22. The highest BCUT2D eigenvalue weighted by molar-refractivity contribution is 6.31. The molecule has 0 fully saturated rings. The van der Waals surface area contributed by atoms with Gasteiger partial charge in [-0.15, -0.1) is 0 Å². The molecule has 0 bridgehead atoms. The van der Waals surface area contributed by atoms with Crippen LogP contribution in [0, 0.1) is 6.92 Å². The Bertz CT molecular complexity index is 626. The first-order valence-electron chi connectivity index (χ1n) is 6.27. The Morgan fingerprint density at radius 2 is 2.05 bits per heavy atom. The summed E-state index contributed by atoms with van der Waals surface area (Å²) in [6.45, 7) is 2.66. The maximum absolute atomic E-state index is 11.7. The lowest BCUT2D eigenvalue weighted by Gasteiger charge is -2.11. The number of carbonyl (C=O) groups is 1. The lowest BCUT2D eigenvalue weighted by atomic mass is 10.1. The van der Waals surface area contributed by atoms with Crippen molar-refractivity contribution in [1.82, 2.24) is 0 Å².